The van der Waals surface area contributed by atoms with Crippen LogP contribution in [0.25, 0.3) is 0 Å². The van der Waals surface area contributed by atoms with Crippen LogP contribution in [0.1, 0.15) is 31.2 Å². The van der Waals surface area contributed by atoms with E-state index in [1.165, 1.54) is 30.3 Å². The molecule has 2 aromatic carbocycles. The van der Waals surface area contributed by atoms with Crippen LogP contribution < -0.4 is 15.4 Å². The fourth-order valence-corrected chi connectivity index (χ4v) is 3.81. The van der Waals surface area contributed by atoms with Gasteiger partial charge in [-0.3, -0.25) is 9.59 Å². The third kappa shape index (κ3) is 6.32. The summed E-state index contributed by atoms with van der Waals surface area (Å²) in [6.07, 6.45) is 0.508. The lowest BCUT2D eigenvalue weighted by Crippen LogP contribution is -2.25. The lowest BCUT2D eigenvalue weighted by molar-refractivity contribution is -0.0498. The molecular formula is C22H19F3N2O3S. The summed E-state index contributed by atoms with van der Waals surface area (Å²) in [7, 11) is 0. The molecule has 0 saturated heterocycles. The Balaban J connectivity index is 1.54. The molecule has 9 heteroatoms. The Morgan fingerprint density at radius 3 is 2.48 bits per heavy atom. The summed E-state index contributed by atoms with van der Waals surface area (Å²) in [6, 6.07) is 13.2. The molecule has 0 aliphatic heterocycles. The quantitative estimate of drug-likeness (QED) is 0.508. The zero-order chi connectivity index (χ0) is 22.4. The highest BCUT2D eigenvalue weighted by molar-refractivity contribution is 7.18. The number of hydrogen-bond donors (Lipinski definition) is 2. The van der Waals surface area contributed by atoms with Crippen LogP contribution in [0.5, 0.6) is 5.75 Å². The fourth-order valence-electron chi connectivity index (χ4n) is 2.82. The lowest BCUT2D eigenvalue weighted by Gasteiger charge is -2.07. The van der Waals surface area contributed by atoms with E-state index in [-0.39, 0.29) is 17.2 Å². The SMILES string of the molecule is Cc1cc(NC(=O)c2cccc(F)c2)sc1C(=O)NCCc1ccc(OC(F)F)cc1. The van der Waals surface area contributed by atoms with E-state index in [4.69, 9.17) is 0 Å². The minimum Gasteiger partial charge on any atom is -0.435 e. The first-order chi connectivity index (χ1) is 14.8. The van der Waals surface area contributed by atoms with E-state index < -0.39 is 18.3 Å². The summed E-state index contributed by atoms with van der Waals surface area (Å²) in [4.78, 5) is 25.2. The zero-order valence-electron chi connectivity index (χ0n) is 16.5. The first kappa shape index (κ1) is 22.4. The highest BCUT2D eigenvalue weighted by atomic mass is 32.1. The lowest BCUT2D eigenvalue weighted by atomic mass is 10.1. The van der Waals surface area contributed by atoms with Crippen LogP contribution >= 0.6 is 11.3 Å². The zero-order valence-corrected chi connectivity index (χ0v) is 17.3. The first-order valence-corrected chi connectivity index (χ1v) is 10.1. The average Bonchev–Trinajstić information content (AvgIpc) is 3.09. The Labute approximate surface area is 180 Å². The molecule has 3 rings (SSSR count). The molecule has 1 aromatic heterocycles. The van der Waals surface area contributed by atoms with Gasteiger partial charge in [0, 0.05) is 12.1 Å². The second kappa shape index (κ2) is 10.1. The predicted molar refractivity (Wildman–Crippen MR) is 113 cm³/mol. The Kier molecular flexibility index (Phi) is 7.30. The van der Waals surface area contributed by atoms with Crippen molar-refractivity contribution in [3.8, 4) is 5.75 Å². The second-order valence-electron chi connectivity index (χ2n) is 6.62. The van der Waals surface area contributed by atoms with Crippen molar-refractivity contribution in [3.63, 3.8) is 0 Å². The number of aryl methyl sites for hydroxylation is 1. The molecule has 0 unspecified atom stereocenters. The van der Waals surface area contributed by atoms with Crippen molar-refractivity contribution in [1.29, 1.82) is 0 Å². The van der Waals surface area contributed by atoms with Gasteiger partial charge in [-0.25, -0.2) is 4.39 Å². The molecule has 1 heterocycles. The summed E-state index contributed by atoms with van der Waals surface area (Å²) in [5, 5.41) is 5.95. The summed E-state index contributed by atoms with van der Waals surface area (Å²) in [6.45, 7) is -0.774. The maximum atomic E-state index is 13.3. The van der Waals surface area contributed by atoms with Gasteiger partial charge in [0.05, 0.1) is 9.88 Å². The van der Waals surface area contributed by atoms with Crippen LogP contribution in [0, 0.1) is 12.7 Å². The third-order valence-electron chi connectivity index (χ3n) is 4.30. The Morgan fingerprint density at radius 2 is 1.81 bits per heavy atom. The number of thiophene rings is 1. The Hall–Kier alpha value is -3.33. The molecule has 0 aliphatic carbocycles. The number of amides is 2. The highest BCUT2D eigenvalue weighted by Crippen LogP contribution is 2.27. The average molecular weight is 448 g/mol. The van der Waals surface area contributed by atoms with Crippen molar-refractivity contribution in [2.75, 3.05) is 11.9 Å². The van der Waals surface area contributed by atoms with Crippen molar-refractivity contribution in [2.24, 2.45) is 0 Å². The van der Waals surface area contributed by atoms with Crippen LogP contribution in [0.2, 0.25) is 0 Å². The summed E-state index contributed by atoms with van der Waals surface area (Å²) in [5.74, 6) is -1.19. The predicted octanol–water partition coefficient (Wildman–Crippen LogP) is 5.02. The van der Waals surface area contributed by atoms with E-state index in [0.29, 0.717) is 28.4 Å². The largest absolute Gasteiger partial charge is 0.435 e. The maximum Gasteiger partial charge on any atom is 0.387 e. The highest BCUT2D eigenvalue weighted by Gasteiger charge is 2.15. The van der Waals surface area contributed by atoms with E-state index in [1.807, 2.05) is 0 Å². The van der Waals surface area contributed by atoms with Gasteiger partial charge in [-0.15, -0.1) is 11.3 Å². The molecule has 0 spiro atoms. The number of ether oxygens (including phenoxy) is 1. The molecule has 2 N–H and O–H groups in total. The molecule has 3 aromatic rings. The molecule has 5 nitrogen and oxygen atoms in total. The van der Waals surface area contributed by atoms with Crippen molar-refractivity contribution < 1.29 is 27.5 Å². The van der Waals surface area contributed by atoms with Gasteiger partial charge in [-0.05, 0) is 60.9 Å². The van der Waals surface area contributed by atoms with Crippen LogP contribution in [-0.2, 0) is 6.42 Å². The van der Waals surface area contributed by atoms with Gasteiger partial charge in [0.1, 0.15) is 11.6 Å². The van der Waals surface area contributed by atoms with Crippen LogP contribution in [0.3, 0.4) is 0 Å². The number of nitrogens with one attached hydrogen (secondary N) is 2. The number of halogens is 3. The molecule has 0 fully saturated rings. The van der Waals surface area contributed by atoms with Gasteiger partial charge in [-0.1, -0.05) is 18.2 Å². The van der Waals surface area contributed by atoms with Gasteiger partial charge in [0.25, 0.3) is 11.8 Å². The van der Waals surface area contributed by atoms with Crippen molar-refractivity contribution >= 4 is 28.2 Å². The van der Waals surface area contributed by atoms with Gasteiger partial charge in [-0.2, -0.15) is 8.78 Å². The Morgan fingerprint density at radius 1 is 1.06 bits per heavy atom. The van der Waals surface area contributed by atoms with E-state index in [0.717, 1.165) is 23.0 Å². The van der Waals surface area contributed by atoms with Crippen LogP contribution in [-0.4, -0.2) is 25.0 Å². The topological polar surface area (TPSA) is 67.4 Å². The monoisotopic (exact) mass is 448 g/mol. The fraction of sp³-hybridized carbons (Fsp3) is 0.182. The van der Waals surface area contributed by atoms with E-state index in [1.54, 1.807) is 25.1 Å². The molecule has 0 saturated carbocycles. The smallest absolute Gasteiger partial charge is 0.387 e. The minimum absolute atomic E-state index is 0.0739. The molecular weight excluding hydrogens is 429 g/mol. The molecule has 162 valence electrons. The second-order valence-corrected chi connectivity index (χ2v) is 7.67. The van der Waals surface area contributed by atoms with Crippen molar-refractivity contribution in [1.82, 2.24) is 5.32 Å². The number of alkyl halides is 2. The van der Waals surface area contributed by atoms with E-state index in [2.05, 4.69) is 15.4 Å². The van der Waals surface area contributed by atoms with Crippen LogP contribution in [0.4, 0.5) is 18.2 Å². The first-order valence-electron chi connectivity index (χ1n) is 9.31. The number of anilines is 1. The molecule has 0 atom stereocenters. The number of carbonyl (C=O) groups is 2. The summed E-state index contributed by atoms with van der Waals surface area (Å²) >= 11 is 1.12. The molecule has 0 bridgehead atoms. The van der Waals surface area contributed by atoms with Gasteiger partial charge in [0.15, 0.2) is 0 Å². The normalized spacial score (nSPS) is 10.7. The number of benzene rings is 2. The van der Waals surface area contributed by atoms with Gasteiger partial charge < -0.3 is 15.4 Å². The Bertz CT molecular complexity index is 1070. The maximum absolute atomic E-state index is 13.3. The molecule has 2 amide bonds. The summed E-state index contributed by atoms with van der Waals surface area (Å²) in [5.41, 5.74) is 1.74. The van der Waals surface area contributed by atoms with Gasteiger partial charge in [0.2, 0.25) is 0 Å². The van der Waals surface area contributed by atoms with E-state index >= 15 is 0 Å². The number of carbonyl (C=O) groups excluding carboxylic acids is 2. The van der Waals surface area contributed by atoms with Gasteiger partial charge >= 0.3 is 6.61 Å². The number of rotatable bonds is 8. The standard InChI is InChI=1S/C22H19F3N2O3S/c1-13-11-18(27-20(28)15-3-2-4-16(23)12-15)31-19(13)21(29)26-10-9-14-5-7-17(8-6-14)30-22(24)25/h2-8,11-12,22H,9-10H2,1H3,(H,26,29)(H,27,28). The minimum atomic E-state index is -2.87. The van der Waals surface area contributed by atoms with Crippen molar-refractivity contribution in [2.45, 2.75) is 20.0 Å². The van der Waals surface area contributed by atoms with Crippen LogP contribution in [0.15, 0.2) is 54.6 Å². The molecule has 31 heavy (non-hydrogen) atoms. The number of hydrogen-bond acceptors (Lipinski definition) is 4. The third-order valence-corrected chi connectivity index (χ3v) is 5.45. The molecule has 0 radical (unpaired) electrons. The van der Waals surface area contributed by atoms with Crippen molar-refractivity contribution in [3.05, 3.63) is 82.0 Å². The van der Waals surface area contributed by atoms with E-state index in [9.17, 15) is 22.8 Å². The summed E-state index contributed by atoms with van der Waals surface area (Å²) < 4.78 is 41.9. The molecule has 0 aliphatic rings.